The fourth-order valence-electron chi connectivity index (χ4n) is 1.34. The average Bonchev–Trinajstić information content (AvgIpc) is 2.30. The number of hydrogen-bond donors (Lipinski definition) is 1. The van der Waals surface area contributed by atoms with Crippen LogP contribution in [-0.4, -0.2) is 24.1 Å². The average molecular weight is 216 g/mol. The first-order chi connectivity index (χ1) is 7.65. The molecular formula is C13H16N2O. The largest absolute Gasteiger partial charge is 0.387 e. The summed E-state index contributed by atoms with van der Waals surface area (Å²) in [5.74, 6) is -0.523. The van der Waals surface area contributed by atoms with Gasteiger partial charge >= 0.3 is 0 Å². The second-order valence-electron chi connectivity index (χ2n) is 3.82. The third-order valence-corrected chi connectivity index (χ3v) is 2.22. The Morgan fingerprint density at radius 2 is 1.94 bits per heavy atom. The molecule has 2 atom stereocenters. The standard InChI is InChI=1S/C13H16N2O/c1-15(2)9-8-12(10-14)13(16)11-6-4-3-5-7-11/h3-9,12-13,16H,1-2H3/b9-8+. The lowest BCUT2D eigenvalue weighted by atomic mass is 9.97. The van der Waals surface area contributed by atoms with E-state index < -0.39 is 12.0 Å². The summed E-state index contributed by atoms with van der Waals surface area (Å²) in [5.41, 5.74) is 0.762. The summed E-state index contributed by atoms with van der Waals surface area (Å²) in [6.45, 7) is 0. The molecule has 3 nitrogen and oxygen atoms in total. The molecule has 0 aliphatic rings. The first-order valence-electron chi connectivity index (χ1n) is 5.12. The van der Waals surface area contributed by atoms with Gasteiger partial charge in [-0.15, -0.1) is 0 Å². The van der Waals surface area contributed by atoms with E-state index in [0.717, 1.165) is 5.56 Å². The van der Waals surface area contributed by atoms with Gasteiger partial charge in [0.05, 0.1) is 18.1 Å². The van der Waals surface area contributed by atoms with Gasteiger partial charge < -0.3 is 10.0 Å². The van der Waals surface area contributed by atoms with Crippen molar-refractivity contribution >= 4 is 0 Å². The molecular weight excluding hydrogens is 200 g/mol. The van der Waals surface area contributed by atoms with Gasteiger partial charge in [-0.2, -0.15) is 5.26 Å². The Labute approximate surface area is 96.2 Å². The SMILES string of the molecule is CN(C)/C=C/C(C#N)C(O)c1ccccc1. The maximum atomic E-state index is 10.0. The number of hydrogen-bond acceptors (Lipinski definition) is 3. The highest BCUT2D eigenvalue weighted by Crippen LogP contribution is 2.22. The topological polar surface area (TPSA) is 47.3 Å². The fraction of sp³-hybridized carbons (Fsp3) is 0.308. The van der Waals surface area contributed by atoms with E-state index >= 15 is 0 Å². The van der Waals surface area contributed by atoms with Crippen LogP contribution in [-0.2, 0) is 0 Å². The van der Waals surface area contributed by atoms with Crippen LogP contribution in [0.25, 0.3) is 0 Å². The molecule has 0 aliphatic carbocycles. The minimum absolute atomic E-state index is 0.523. The Bertz CT molecular complexity index is 379. The van der Waals surface area contributed by atoms with Crippen LogP contribution in [0.15, 0.2) is 42.6 Å². The summed E-state index contributed by atoms with van der Waals surface area (Å²) < 4.78 is 0. The summed E-state index contributed by atoms with van der Waals surface area (Å²) in [6.07, 6.45) is 2.71. The Balaban J connectivity index is 2.79. The number of rotatable bonds is 4. The number of nitrogens with zero attached hydrogens (tertiary/aromatic N) is 2. The van der Waals surface area contributed by atoms with Crippen LogP contribution >= 0.6 is 0 Å². The molecule has 0 heterocycles. The lowest BCUT2D eigenvalue weighted by molar-refractivity contribution is 0.153. The lowest BCUT2D eigenvalue weighted by Gasteiger charge is -2.14. The Morgan fingerprint density at radius 1 is 1.31 bits per heavy atom. The normalized spacial score (nSPS) is 14.4. The van der Waals surface area contributed by atoms with Crippen molar-refractivity contribution in [1.82, 2.24) is 4.90 Å². The van der Waals surface area contributed by atoms with Crippen LogP contribution in [0.5, 0.6) is 0 Å². The summed E-state index contributed by atoms with van der Waals surface area (Å²) in [5, 5.41) is 19.0. The quantitative estimate of drug-likeness (QED) is 0.836. The maximum Gasteiger partial charge on any atom is 0.0984 e. The molecule has 0 fully saturated rings. The second kappa shape index (κ2) is 5.94. The third kappa shape index (κ3) is 3.41. The zero-order valence-electron chi connectivity index (χ0n) is 9.54. The van der Waals surface area contributed by atoms with Crippen molar-refractivity contribution in [3.63, 3.8) is 0 Å². The van der Waals surface area contributed by atoms with Crippen LogP contribution in [0.1, 0.15) is 11.7 Å². The van der Waals surface area contributed by atoms with Gasteiger partial charge in [-0.25, -0.2) is 0 Å². The molecule has 1 rings (SSSR count). The fourth-order valence-corrected chi connectivity index (χ4v) is 1.34. The van der Waals surface area contributed by atoms with E-state index in [-0.39, 0.29) is 0 Å². The van der Waals surface area contributed by atoms with Crippen molar-refractivity contribution in [2.45, 2.75) is 6.10 Å². The van der Waals surface area contributed by atoms with Crippen LogP contribution in [0.4, 0.5) is 0 Å². The molecule has 0 radical (unpaired) electrons. The molecule has 2 unspecified atom stereocenters. The molecule has 1 aromatic rings. The first kappa shape index (κ1) is 12.3. The zero-order valence-corrected chi connectivity index (χ0v) is 9.54. The van der Waals surface area contributed by atoms with Gasteiger partial charge in [-0.05, 0) is 17.8 Å². The number of nitriles is 1. The Morgan fingerprint density at radius 3 is 2.44 bits per heavy atom. The zero-order chi connectivity index (χ0) is 12.0. The third-order valence-electron chi connectivity index (χ3n) is 2.22. The van der Waals surface area contributed by atoms with Gasteiger partial charge in [0.15, 0.2) is 0 Å². The molecule has 1 aromatic carbocycles. The smallest absolute Gasteiger partial charge is 0.0984 e. The molecule has 84 valence electrons. The summed E-state index contributed by atoms with van der Waals surface area (Å²) in [7, 11) is 3.75. The summed E-state index contributed by atoms with van der Waals surface area (Å²) >= 11 is 0. The minimum atomic E-state index is -0.776. The van der Waals surface area contributed by atoms with E-state index in [9.17, 15) is 5.11 Å². The van der Waals surface area contributed by atoms with Crippen molar-refractivity contribution in [2.24, 2.45) is 5.92 Å². The van der Waals surface area contributed by atoms with E-state index in [1.165, 1.54) is 0 Å². The Hall–Kier alpha value is -1.79. The summed E-state index contributed by atoms with van der Waals surface area (Å²) in [6, 6.07) is 11.3. The van der Waals surface area contributed by atoms with Gasteiger partial charge in [0.1, 0.15) is 0 Å². The van der Waals surface area contributed by atoms with Crippen LogP contribution in [0, 0.1) is 17.2 Å². The lowest BCUT2D eigenvalue weighted by Crippen LogP contribution is -2.10. The molecule has 0 amide bonds. The van der Waals surface area contributed by atoms with Crippen LogP contribution < -0.4 is 0 Å². The van der Waals surface area contributed by atoms with E-state index in [1.807, 2.05) is 49.3 Å². The van der Waals surface area contributed by atoms with Crippen molar-refractivity contribution in [3.05, 3.63) is 48.2 Å². The predicted molar refractivity (Wildman–Crippen MR) is 63.3 cm³/mol. The highest BCUT2D eigenvalue weighted by Gasteiger charge is 2.17. The second-order valence-corrected chi connectivity index (χ2v) is 3.82. The van der Waals surface area contributed by atoms with Crippen LogP contribution in [0.2, 0.25) is 0 Å². The summed E-state index contributed by atoms with van der Waals surface area (Å²) in [4.78, 5) is 1.84. The van der Waals surface area contributed by atoms with E-state index in [2.05, 4.69) is 6.07 Å². The Kier molecular flexibility index (Phi) is 4.56. The monoisotopic (exact) mass is 216 g/mol. The van der Waals surface area contributed by atoms with E-state index in [4.69, 9.17) is 5.26 Å². The molecule has 0 bridgehead atoms. The van der Waals surface area contributed by atoms with Crippen molar-refractivity contribution in [1.29, 1.82) is 5.26 Å². The molecule has 0 spiro atoms. The maximum absolute atomic E-state index is 10.0. The van der Waals surface area contributed by atoms with E-state index in [1.54, 1.807) is 12.3 Å². The van der Waals surface area contributed by atoms with Gasteiger partial charge in [0.25, 0.3) is 0 Å². The number of benzene rings is 1. The predicted octanol–water partition coefficient (Wildman–Crippen LogP) is 1.94. The number of aliphatic hydroxyl groups excluding tert-OH is 1. The minimum Gasteiger partial charge on any atom is -0.387 e. The highest BCUT2D eigenvalue weighted by molar-refractivity contribution is 5.21. The van der Waals surface area contributed by atoms with Gasteiger partial charge in [0, 0.05) is 14.1 Å². The highest BCUT2D eigenvalue weighted by atomic mass is 16.3. The van der Waals surface area contributed by atoms with Gasteiger partial charge in [-0.1, -0.05) is 30.3 Å². The van der Waals surface area contributed by atoms with Gasteiger partial charge in [0.2, 0.25) is 0 Å². The number of aliphatic hydroxyl groups is 1. The van der Waals surface area contributed by atoms with E-state index in [0.29, 0.717) is 0 Å². The van der Waals surface area contributed by atoms with Crippen molar-refractivity contribution < 1.29 is 5.11 Å². The van der Waals surface area contributed by atoms with Crippen molar-refractivity contribution in [2.75, 3.05) is 14.1 Å². The molecule has 0 saturated carbocycles. The molecule has 16 heavy (non-hydrogen) atoms. The van der Waals surface area contributed by atoms with Gasteiger partial charge in [-0.3, -0.25) is 0 Å². The first-order valence-corrected chi connectivity index (χ1v) is 5.12. The van der Waals surface area contributed by atoms with Crippen molar-refractivity contribution in [3.8, 4) is 6.07 Å². The molecule has 0 aromatic heterocycles. The molecule has 0 saturated heterocycles. The molecule has 3 heteroatoms. The molecule has 0 aliphatic heterocycles. The van der Waals surface area contributed by atoms with Crippen LogP contribution in [0.3, 0.4) is 0 Å². The molecule has 1 N–H and O–H groups in total.